The first-order valence-electron chi connectivity index (χ1n) is 8.20. The Morgan fingerprint density at radius 1 is 1.11 bits per heavy atom. The first-order valence-corrected chi connectivity index (χ1v) is 8.20. The van der Waals surface area contributed by atoms with Crippen LogP contribution >= 0.6 is 0 Å². The van der Waals surface area contributed by atoms with Crippen molar-refractivity contribution >= 4 is 29.2 Å². The second-order valence-corrected chi connectivity index (χ2v) is 5.95. The minimum absolute atomic E-state index is 0.0240. The van der Waals surface area contributed by atoms with Crippen molar-refractivity contribution in [1.29, 1.82) is 0 Å². The molecule has 140 valence electrons. The standard InChI is InChI=1S/C19H16F2N2O4/c1-27-19(26)13-9-16(15(21)10-14(13)20)22-18(25)11-4-6-12(7-5-11)23-8-2-3-17(23)24/h4-7,9-10H,2-3,8H2,1H3,(H,22,25). The third-order valence-corrected chi connectivity index (χ3v) is 4.22. The third-order valence-electron chi connectivity index (χ3n) is 4.22. The van der Waals surface area contributed by atoms with Crippen LogP contribution in [0.1, 0.15) is 33.6 Å². The van der Waals surface area contributed by atoms with E-state index in [4.69, 9.17) is 0 Å². The number of anilines is 2. The van der Waals surface area contributed by atoms with Crippen molar-refractivity contribution in [3.05, 3.63) is 59.2 Å². The quantitative estimate of drug-likeness (QED) is 0.835. The smallest absolute Gasteiger partial charge is 0.340 e. The Kier molecular flexibility index (Phi) is 5.16. The van der Waals surface area contributed by atoms with E-state index in [-0.39, 0.29) is 17.2 Å². The fourth-order valence-corrected chi connectivity index (χ4v) is 2.82. The van der Waals surface area contributed by atoms with Gasteiger partial charge in [0.15, 0.2) is 0 Å². The van der Waals surface area contributed by atoms with Gasteiger partial charge in [-0.2, -0.15) is 0 Å². The lowest BCUT2D eigenvalue weighted by atomic mass is 10.1. The molecular formula is C19H16F2N2O4. The molecular weight excluding hydrogens is 358 g/mol. The topological polar surface area (TPSA) is 75.7 Å². The SMILES string of the molecule is COC(=O)c1cc(NC(=O)c2ccc(N3CCCC3=O)cc2)c(F)cc1F. The molecule has 1 aliphatic heterocycles. The average Bonchev–Trinajstić information content (AvgIpc) is 3.09. The normalized spacial score (nSPS) is 13.6. The Balaban J connectivity index is 1.79. The molecule has 1 N–H and O–H groups in total. The zero-order valence-corrected chi connectivity index (χ0v) is 14.4. The molecule has 0 radical (unpaired) electrons. The van der Waals surface area contributed by atoms with E-state index in [2.05, 4.69) is 10.1 Å². The molecule has 6 nitrogen and oxygen atoms in total. The first kappa shape index (κ1) is 18.5. The minimum Gasteiger partial charge on any atom is -0.465 e. The summed E-state index contributed by atoms with van der Waals surface area (Å²) in [6, 6.07) is 7.63. The van der Waals surface area contributed by atoms with Gasteiger partial charge in [0.1, 0.15) is 11.6 Å². The Bertz CT molecular complexity index is 913. The monoisotopic (exact) mass is 374 g/mol. The van der Waals surface area contributed by atoms with Gasteiger partial charge in [-0.25, -0.2) is 13.6 Å². The van der Waals surface area contributed by atoms with E-state index >= 15 is 0 Å². The molecule has 3 rings (SSSR count). The molecule has 0 spiro atoms. The Hall–Kier alpha value is -3.29. The van der Waals surface area contributed by atoms with E-state index in [9.17, 15) is 23.2 Å². The number of rotatable bonds is 4. The van der Waals surface area contributed by atoms with Gasteiger partial charge < -0.3 is 15.0 Å². The summed E-state index contributed by atoms with van der Waals surface area (Å²) in [4.78, 5) is 37.2. The van der Waals surface area contributed by atoms with E-state index in [1.165, 1.54) is 12.1 Å². The van der Waals surface area contributed by atoms with Crippen LogP contribution in [0.4, 0.5) is 20.2 Å². The second kappa shape index (κ2) is 7.53. The van der Waals surface area contributed by atoms with E-state index in [1.54, 1.807) is 17.0 Å². The number of hydrogen-bond donors (Lipinski definition) is 1. The van der Waals surface area contributed by atoms with Crippen LogP contribution in [0.5, 0.6) is 0 Å². The van der Waals surface area contributed by atoms with Gasteiger partial charge >= 0.3 is 5.97 Å². The third kappa shape index (κ3) is 3.79. The van der Waals surface area contributed by atoms with Crippen LogP contribution in [0, 0.1) is 11.6 Å². The number of carbonyl (C=O) groups excluding carboxylic acids is 3. The fourth-order valence-electron chi connectivity index (χ4n) is 2.82. The van der Waals surface area contributed by atoms with Crippen LogP contribution in [0.3, 0.4) is 0 Å². The number of nitrogens with one attached hydrogen (secondary N) is 1. The largest absolute Gasteiger partial charge is 0.465 e. The van der Waals surface area contributed by atoms with Gasteiger partial charge in [0.05, 0.1) is 18.4 Å². The highest BCUT2D eigenvalue weighted by Gasteiger charge is 2.22. The van der Waals surface area contributed by atoms with Crippen LogP contribution in [0.25, 0.3) is 0 Å². The maximum Gasteiger partial charge on any atom is 0.340 e. The molecule has 1 aliphatic rings. The molecule has 0 aliphatic carbocycles. The van der Waals surface area contributed by atoms with Crippen molar-refractivity contribution in [3.8, 4) is 0 Å². The fraction of sp³-hybridized carbons (Fsp3) is 0.211. The second-order valence-electron chi connectivity index (χ2n) is 5.95. The minimum atomic E-state index is -1.09. The molecule has 1 fully saturated rings. The first-order chi connectivity index (χ1) is 12.9. The number of halogens is 2. The Labute approximate surface area is 153 Å². The molecule has 0 atom stereocenters. The van der Waals surface area contributed by atoms with Crippen LogP contribution in [0.2, 0.25) is 0 Å². The lowest BCUT2D eigenvalue weighted by Crippen LogP contribution is -2.23. The van der Waals surface area contributed by atoms with Crippen molar-refractivity contribution in [2.45, 2.75) is 12.8 Å². The van der Waals surface area contributed by atoms with Gasteiger partial charge in [0, 0.05) is 30.3 Å². The lowest BCUT2D eigenvalue weighted by Gasteiger charge is -2.16. The zero-order valence-electron chi connectivity index (χ0n) is 14.4. The highest BCUT2D eigenvalue weighted by Crippen LogP contribution is 2.23. The molecule has 27 heavy (non-hydrogen) atoms. The van der Waals surface area contributed by atoms with E-state index in [0.717, 1.165) is 19.6 Å². The lowest BCUT2D eigenvalue weighted by molar-refractivity contribution is -0.117. The molecule has 0 aromatic heterocycles. The number of nitrogens with zero attached hydrogens (tertiary/aromatic N) is 1. The van der Waals surface area contributed by atoms with Crippen molar-refractivity contribution in [1.82, 2.24) is 0 Å². The maximum atomic E-state index is 13.9. The van der Waals surface area contributed by atoms with Gasteiger partial charge in [-0.15, -0.1) is 0 Å². The predicted molar refractivity (Wildman–Crippen MR) is 93.7 cm³/mol. The summed E-state index contributed by atoms with van der Waals surface area (Å²) < 4.78 is 32.0. The van der Waals surface area contributed by atoms with Crippen LogP contribution in [-0.2, 0) is 9.53 Å². The highest BCUT2D eigenvalue weighted by molar-refractivity contribution is 6.05. The average molecular weight is 374 g/mol. The summed E-state index contributed by atoms with van der Waals surface area (Å²) in [5.74, 6) is -3.71. The Morgan fingerprint density at radius 3 is 2.41 bits per heavy atom. The van der Waals surface area contributed by atoms with E-state index in [0.29, 0.717) is 24.7 Å². The molecule has 1 saturated heterocycles. The Morgan fingerprint density at radius 2 is 1.81 bits per heavy atom. The summed E-state index contributed by atoms with van der Waals surface area (Å²) in [6.45, 7) is 0.626. The molecule has 2 aromatic rings. The summed E-state index contributed by atoms with van der Waals surface area (Å²) in [5, 5.41) is 2.30. The number of hydrogen-bond acceptors (Lipinski definition) is 4. The summed E-state index contributed by atoms with van der Waals surface area (Å²) in [5.41, 5.74) is 0.0569. The number of methoxy groups -OCH3 is 1. The molecule has 0 unspecified atom stereocenters. The number of ether oxygens (including phenoxy) is 1. The number of benzene rings is 2. The summed E-state index contributed by atoms with van der Waals surface area (Å²) in [6.07, 6.45) is 1.28. The van der Waals surface area contributed by atoms with Crippen molar-refractivity contribution in [2.24, 2.45) is 0 Å². The predicted octanol–water partition coefficient (Wildman–Crippen LogP) is 3.13. The molecule has 8 heteroatoms. The van der Waals surface area contributed by atoms with E-state index < -0.39 is 29.1 Å². The van der Waals surface area contributed by atoms with Crippen molar-refractivity contribution < 1.29 is 27.9 Å². The van der Waals surface area contributed by atoms with Gasteiger partial charge in [-0.1, -0.05) is 0 Å². The van der Waals surface area contributed by atoms with Crippen LogP contribution in [-0.4, -0.2) is 31.4 Å². The van der Waals surface area contributed by atoms with Crippen molar-refractivity contribution in [3.63, 3.8) is 0 Å². The molecule has 0 saturated carbocycles. The number of carbonyl (C=O) groups is 3. The van der Waals surface area contributed by atoms with Gasteiger partial charge in [0.2, 0.25) is 5.91 Å². The van der Waals surface area contributed by atoms with Crippen LogP contribution < -0.4 is 10.2 Å². The van der Waals surface area contributed by atoms with Gasteiger partial charge in [-0.3, -0.25) is 9.59 Å². The molecule has 0 bridgehead atoms. The maximum absolute atomic E-state index is 13.9. The number of amides is 2. The van der Waals surface area contributed by atoms with E-state index in [1.807, 2.05) is 0 Å². The molecule has 1 heterocycles. The molecule has 2 amide bonds. The number of esters is 1. The van der Waals surface area contributed by atoms with Gasteiger partial charge in [-0.05, 0) is 36.8 Å². The highest BCUT2D eigenvalue weighted by atomic mass is 19.1. The summed E-state index contributed by atoms with van der Waals surface area (Å²) >= 11 is 0. The zero-order chi connectivity index (χ0) is 19.6. The van der Waals surface area contributed by atoms with Crippen molar-refractivity contribution in [2.75, 3.05) is 23.9 Å². The van der Waals surface area contributed by atoms with Crippen LogP contribution in [0.15, 0.2) is 36.4 Å². The van der Waals surface area contributed by atoms with Gasteiger partial charge in [0.25, 0.3) is 5.91 Å². The molecule has 2 aromatic carbocycles. The summed E-state index contributed by atoms with van der Waals surface area (Å²) in [7, 11) is 1.07.